The summed E-state index contributed by atoms with van der Waals surface area (Å²) in [5, 5.41) is 4.20. The third kappa shape index (κ3) is 4.50. The Balaban J connectivity index is 2.23. The first-order valence-electron chi connectivity index (χ1n) is 6.42. The fourth-order valence-electron chi connectivity index (χ4n) is 1.84. The van der Waals surface area contributed by atoms with Gasteiger partial charge in [0.1, 0.15) is 0 Å². The van der Waals surface area contributed by atoms with Crippen LogP contribution in [0.4, 0.5) is 0 Å². The van der Waals surface area contributed by atoms with E-state index in [1.54, 1.807) is 12.1 Å². The van der Waals surface area contributed by atoms with Gasteiger partial charge in [-0.2, -0.15) is 5.10 Å². The second-order valence-electron chi connectivity index (χ2n) is 4.37. The van der Waals surface area contributed by atoms with E-state index in [0.717, 1.165) is 5.56 Å². The van der Waals surface area contributed by atoms with Gasteiger partial charge in [0.25, 0.3) is 0 Å². The van der Waals surface area contributed by atoms with Crippen molar-refractivity contribution in [2.45, 2.75) is 6.42 Å². The molecule has 0 atom stereocenters. The molecule has 0 unspecified atom stereocenters. The molecule has 106 valence electrons. The Kier molecular flexibility index (Phi) is 5.17. The Hall–Kier alpha value is -2.53. The summed E-state index contributed by atoms with van der Waals surface area (Å²) >= 11 is 4.75. The molecule has 0 aromatic heterocycles. The monoisotopic (exact) mass is 297 g/mol. The SMILES string of the molecule is NC(=S)N/N=C(\CC(=O)c1ccccc1)c1ccccc1. The van der Waals surface area contributed by atoms with Gasteiger partial charge in [0.15, 0.2) is 10.9 Å². The van der Waals surface area contributed by atoms with Crippen LogP contribution in [0.5, 0.6) is 0 Å². The van der Waals surface area contributed by atoms with Crippen LogP contribution in [0.2, 0.25) is 0 Å². The third-order valence-electron chi connectivity index (χ3n) is 2.83. The molecule has 0 saturated heterocycles. The maximum Gasteiger partial charge on any atom is 0.184 e. The van der Waals surface area contributed by atoms with Crippen LogP contribution in [0.15, 0.2) is 65.8 Å². The lowest BCUT2D eigenvalue weighted by atomic mass is 10.0. The van der Waals surface area contributed by atoms with Crippen molar-refractivity contribution < 1.29 is 4.79 Å². The minimum absolute atomic E-state index is 0.0112. The molecule has 0 aliphatic rings. The smallest absolute Gasteiger partial charge is 0.184 e. The van der Waals surface area contributed by atoms with Gasteiger partial charge in [-0.05, 0) is 17.8 Å². The van der Waals surface area contributed by atoms with E-state index in [2.05, 4.69) is 10.5 Å². The van der Waals surface area contributed by atoms with Crippen LogP contribution in [-0.2, 0) is 0 Å². The number of nitrogens with one attached hydrogen (secondary N) is 1. The number of benzene rings is 2. The molecular formula is C16H15N3OS. The lowest BCUT2D eigenvalue weighted by Gasteiger charge is -2.07. The number of Topliss-reactive ketones (excluding diaryl/α,β-unsaturated/α-hetero) is 1. The predicted molar refractivity (Wildman–Crippen MR) is 88.3 cm³/mol. The zero-order chi connectivity index (χ0) is 15.1. The molecule has 21 heavy (non-hydrogen) atoms. The van der Waals surface area contributed by atoms with Gasteiger partial charge in [0, 0.05) is 5.56 Å². The van der Waals surface area contributed by atoms with E-state index in [9.17, 15) is 4.79 Å². The van der Waals surface area contributed by atoms with Crippen molar-refractivity contribution in [3.05, 3.63) is 71.8 Å². The Labute approximate surface area is 128 Å². The lowest BCUT2D eigenvalue weighted by molar-refractivity contribution is 0.100. The summed E-state index contributed by atoms with van der Waals surface area (Å²) in [6, 6.07) is 18.6. The van der Waals surface area contributed by atoms with Crippen molar-refractivity contribution in [3.8, 4) is 0 Å². The second-order valence-corrected chi connectivity index (χ2v) is 4.81. The Morgan fingerprint density at radius 1 is 1.00 bits per heavy atom. The van der Waals surface area contributed by atoms with E-state index in [1.807, 2.05) is 48.5 Å². The summed E-state index contributed by atoms with van der Waals surface area (Å²) in [7, 11) is 0. The van der Waals surface area contributed by atoms with E-state index in [0.29, 0.717) is 11.3 Å². The number of hydrogen-bond donors (Lipinski definition) is 2. The number of ketones is 1. The van der Waals surface area contributed by atoms with Gasteiger partial charge in [-0.15, -0.1) is 0 Å². The lowest BCUT2D eigenvalue weighted by Crippen LogP contribution is -2.26. The van der Waals surface area contributed by atoms with E-state index in [4.69, 9.17) is 18.0 Å². The number of thiocarbonyl (C=S) groups is 1. The van der Waals surface area contributed by atoms with Crippen LogP contribution < -0.4 is 11.2 Å². The molecule has 3 N–H and O–H groups in total. The third-order valence-corrected chi connectivity index (χ3v) is 2.92. The van der Waals surface area contributed by atoms with Crippen molar-refractivity contribution in [2.75, 3.05) is 0 Å². The van der Waals surface area contributed by atoms with Gasteiger partial charge in [0.2, 0.25) is 0 Å². The molecule has 0 heterocycles. The summed E-state index contributed by atoms with van der Waals surface area (Å²) in [6.07, 6.45) is 0.170. The number of rotatable bonds is 5. The highest BCUT2D eigenvalue weighted by Crippen LogP contribution is 2.09. The molecule has 0 fully saturated rings. The molecule has 4 nitrogen and oxygen atoms in total. The van der Waals surface area contributed by atoms with Crippen molar-refractivity contribution in [2.24, 2.45) is 10.8 Å². The summed E-state index contributed by atoms with van der Waals surface area (Å²) in [5.74, 6) is -0.0112. The summed E-state index contributed by atoms with van der Waals surface area (Å²) in [4.78, 5) is 12.3. The summed E-state index contributed by atoms with van der Waals surface area (Å²) in [6.45, 7) is 0. The average molecular weight is 297 g/mol. The number of hydrazone groups is 1. The van der Waals surface area contributed by atoms with Gasteiger partial charge in [-0.1, -0.05) is 60.7 Å². The Bertz CT molecular complexity index is 654. The van der Waals surface area contributed by atoms with Crippen LogP contribution in [0.25, 0.3) is 0 Å². The van der Waals surface area contributed by atoms with Gasteiger partial charge in [-0.3, -0.25) is 10.2 Å². The Morgan fingerprint density at radius 2 is 1.52 bits per heavy atom. The first-order valence-corrected chi connectivity index (χ1v) is 6.83. The number of nitrogens with zero attached hydrogens (tertiary/aromatic N) is 1. The topological polar surface area (TPSA) is 67.5 Å². The zero-order valence-corrected chi connectivity index (χ0v) is 12.1. The minimum Gasteiger partial charge on any atom is -0.375 e. The quantitative estimate of drug-likeness (QED) is 0.385. The number of nitrogens with two attached hydrogens (primary N) is 1. The first kappa shape index (κ1) is 14.9. The van der Waals surface area contributed by atoms with Crippen molar-refractivity contribution >= 4 is 28.8 Å². The molecule has 0 aliphatic carbocycles. The van der Waals surface area contributed by atoms with Gasteiger partial charge >= 0.3 is 0 Å². The molecule has 0 spiro atoms. The fraction of sp³-hybridized carbons (Fsp3) is 0.0625. The van der Waals surface area contributed by atoms with Crippen LogP contribution in [0.1, 0.15) is 22.3 Å². The van der Waals surface area contributed by atoms with Crippen molar-refractivity contribution in [1.29, 1.82) is 0 Å². The van der Waals surface area contributed by atoms with E-state index in [1.165, 1.54) is 0 Å². The molecule has 2 aromatic rings. The normalized spacial score (nSPS) is 11.0. The maximum atomic E-state index is 12.3. The first-order chi connectivity index (χ1) is 10.2. The fourth-order valence-corrected chi connectivity index (χ4v) is 1.88. The highest BCUT2D eigenvalue weighted by Gasteiger charge is 2.12. The zero-order valence-electron chi connectivity index (χ0n) is 11.3. The molecular weight excluding hydrogens is 282 g/mol. The molecule has 0 radical (unpaired) electrons. The second kappa shape index (κ2) is 7.31. The Morgan fingerprint density at radius 3 is 2.05 bits per heavy atom. The van der Waals surface area contributed by atoms with E-state index < -0.39 is 0 Å². The summed E-state index contributed by atoms with van der Waals surface area (Å²) < 4.78 is 0. The van der Waals surface area contributed by atoms with Crippen molar-refractivity contribution in [1.82, 2.24) is 5.43 Å². The number of hydrogen-bond acceptors (Lipinski definition) is 3. The molecule has 5 heteroatoms. The van der Waals surface area contributed by atoms with Crippen LogP contribution in [-0.4, -0.2) is 16.6 Å². The minimum atomic E-state index is -0.0112. The van der Waals surface area contributed by atoms with Crippen LogP contribution in [0.3, 0.4) is 0 Å². The van der Waals surface area contributed by atoms with Crippen LogP contribution >= 0.6 is 12.2 Å². The highest BCUT2D eigenvalue weighted by molar-refractivity contribution is 7.80. The highest BCUT2D eigenvalue weighted by atomic mass is 32.1. The molecule has 0 amide bonds. The van der Waals surface area contributed by atoms with E-state index >= 15 is 0 Å². The molecule has 0 bridgehead atoms. The molecule has 2 rings (SSSR count). The van der Waals surface area contributed by atoms with Gasteiger partial charge in [0.05, 0.1) is 12.1 Å². The van der Waals surface area contributed by atoms with Gasteiger partial charge < -0.3 is 5.73 Å². The van der Waals surface area contributed by atoms with Crippen LogP contribution in [0, 0.1) is 0 Å². The summed E-state index contributed by atoms with van der Waals surface area (Å²) in [5.41, 5.74) is 10.0. The predicted octanol–water partition coefficient (Wildman–Crippen LogP) is 2.50. The largest absolute Gasteiger partial charge is 0.375 e. The molecule has 0 aliphatic heterocycles. The molecule has 2 aromatic carbocycles. The number of carbonyl (C=O) groups excluding carboxylic acids is 1. The average Bonchev–Trinajstić information content (AvgIpc) is 2.52. The maximum absolute atomic E-state index is 12.3. The standard InChI is InChI=1S/C16H15N3OS/c17-16(21)19-18-14(12-7-3-1-4-8-12)11-15(20)13-9-5-2-6-10-13/h1-10H,11H2,(H3,17,19,21)/b18-14+. The number of carbonyl (C=O) groups is 1. The molecule has 0 saturated carbocycles. The van der Waals surface area contributed by atoms with Crippen molar-refractivity contribution in [3.63, 3.8) is 0 Å². The van der Waals surface area contributed by atoms with E-state index in [-0.39, 0.29) is 17.3 Å². The van der Waals surface area contributed by atoms with Gasteiger partial charge in [-0.25, -0.2) is 0 Å².